The first-order valence-corrected chi connectivity index (χ1v) is 7.05. The fraction of sp³-hybridized carbons (Fsp3) is 0.562. The summed E-state index contributed by atoms with van der Waals surface area (Å²) in [6, 6.07) is 10.6. The Labute approximate surface area is 115 Å². The average molecular weight is 261 g/mol. The van der Waals surface area contributed by atoms with Gasteiger partial charge in [0.15, 0.2) is 0 Å². The molecule has 104 valence electrons. The first-order chi connectivity index (χ1) is 9.07. The average Bonchev–Trinajstić information content (AvgIpc) is 2.44. The number of hydrogen-bond acceptors (Lipinski definition) is 3. The molecule has 0 radical (unpaired) electrons. The first-order valence-electron chi connectivity index (χ1n) is 7.05. The van der Waals surface area contributed by atoms with Gasteiger partial charge < -0.3 is 9.64 Å². The van der Waals surface area contributed by atoms with Crippen LogP contribution in [0.15, 0.2) is 30.3 Å². The second-order valence-corrected chi connectivity index (χ2v) is 5.47. The van der Waals surface area contributed by atoms with E-state index in [4.69, 9.17) is 4.74 Å². The van der Waals surface area contributed by atoms with Gasteiger partial charge in [-0.15, -0.1) is 0 Å². The summed E-state index contributed by atoms with van der Waals surface area (Å²) in [7, 11) is 2.13. The minimum atomic E-state index is -0.444. The molecule has 0 aromatic heterocycles. The molecule has 0 amide bonds. The molecule has 0 bridgehead atoms. The monoisotopic (exact) mass is 261 g/mol. The van der Waals surface area contributed by atoms with Crippen LogP contribution < -0.4 is 0 Å². The highest BCUT2D eigenvalue weighted by molar-refractivity contribution is 5.69. The topological polar surface area (TPSA) is 29.5 Å². The van der Waals surface area contributed by atoms with Gasteiger partial charge in [-0.05, 0) is 19.5 Å². The third kappa shape index (κ3) is 2.98. The fourth-order valence-corrected chi connectivity index (χ4v) is 2.76. The van der Waals surface area contributed by atoms with E-state index >= 15 is 0 Å². The highest BCUT2D eigenvalue weighted by Crippen LogP contribution is 2.39. The van der Waals surface area contributed by atoms with Gasteiger partial charge in [0.25, 0.3) is 0 Å². The Kier molecular flexibility index (Phi) is 4.25. The van der Waals surface area contributed by atoms with Crippen LogP contribution in [0.3, 0.4) is 0 Å². The lowest BCUT2D eigenvalue weighted by Gasteiger charge is -2.44. The number of benzene rings is 1. The zero-order valence-electron chi connectivity index (χ0n) is 12.1. The Morgan fingerprint density at radius 1 is 1.42 bits per heavy atom. The summed E-state index contributed by atoms with van der Waals surface area (Å²) in [5.41, 5.74) is 0.678. The molecular weight excluding hydrogens is 238 g/mol. The van der Waals surface area contributed by atoms with Crippen molar-refractivity contribution in [1.29, 1.82) is 0 Å². The predicted octanol–water partition coefficient (Wildman–Crippen LogP) is 2.95. The van der Waals surface area contributed by atoms with Crippen molar-refractivity contribution in [2.45, 2.75) is 44.8 Å². The molecule has 2 rings (SSSR count). The Hall–Kier alpha value is -1.35. The Bertz CT molecular complexity index is 432. The van der Waals surface area contributed by atoms with E-state index in [9.17, 15) is 4.79 Å². The molecule has 1 unspecified atom stereocenters. The van der Waals surface area contributed by atoms with Gasteiger partial charge >= 0.3 is 5.97 Å². The molecule has 1 fully saturated rings. The number of carbonyl (C=O) groups is 1. The SMILES string of the molecule is CCC(=O)O[C@@]1(c2ccccc2)CCN(C)C(C)C1. The van der Waals surface area contributed by atoms with Crippen LogP contribution in [-0.2, 0) is 15.1 Å². The molecule has 2 atom stereocenters. The zero-order chi connectivity index (χ0) is 13.9. The van der Waals surface area contributed by atoms with Gasteiger partial charge in [0.2, 0.25) is 0 Å². The summed E-state index contributed by atoms with van der Waals surface area (Å²) in [5.74, 6) is -0.111. The van der Waals surface area contributed by atoms with Crippen molar-refractivity contribution in [3.8, 4) is 0 Å². The summed E-state index contributed by atoms with van der Waals surface area (Å²) < 4.78 is 5.87. The number of carbonyl (C=O) groups excluding carboxylic acids is 1. The van der Waals surface area contributed by atoms with Crippen LogP contribution in [-0.4, -0.2) is 30.5 Å². The van der Waals surface area contributed by atoms with Crippen LogP contribution in [0.2, 0.25) is 0 Å². The van der Waals surface area contributed by atoms with E-state index in [2.05, 4.69) is 31.0 Å². The maximum absolute atomic E-state index is 11.8. The normalized spacial score (nSPS) is 28.1. The molecule has 1 aromatic rings. The number of esters is 1. The van der Waals surface area contributed by atoms with E-state index in [0.717, 1.165) is 24.9 Å². The lowest BCUT2D eigenvalue weighted by molar-refractivity contribution is -0.168. The van der Waals surface area contributed by atoms with Crippen molar-refractivity contribution >= 4 is 5.97 Å². The Morgan fingerprint density at radius 3 is 2.68 bits per heavy atom. The molecule has 0 aliphatic carbocycles. The third-order valence-electron chi connectivity index (χ3n) is 4.14. The summed E-state index contributed by atoms with van der Waals surface area (Å²) in [4.78, 5) is 14.1. The zero-order valence-corrected chi connectivity index (χ0v) is 12.1. The largest absolute Gasteiger partial charge is 0.454 e. The van der Waals surface area contributed by atoms with Crippen LogP contribution in [0, 0.1) is 0 Å². The van der Waals surface area contributed by atoms with Gasteiger partial charge in [-0.2, -0.15) is 0 Å². The minimum absolute atomic E-state index is 0.111. The Morgan fingerprint density at radius 2 is 2.11 bits per heavy atom. The van der Waals surface area contributed by atoms with Gasteiger partial charge in [0.1, 0.15) is 5.60 Å². The molecule has 3 nitrogen and oxygen atoms in total. The predicted molar refractivity (Wildman–Crippen MR) is 75.8 cm³/mol. The number of ether oxygens (including phenoxy) is 1. The molecule has 0 saturated carbocycles. The highest BCUT2D eigenvalue weighted by Gasteiger charge is 2.41. The molecule has 0 spiro atoms. The van der Waals surface area contributed by atoms with Crippen LogP contribution in [0.5, 0.6) is 0 Å². The van der Waals surface area contributed by atoms with Gasteiger partial charge in [0, 0.05) is 31.8 Å². The van der Waals surface area contributed by atoms with Gasteiger partial charge in [-0.1, -0.05) is 37.3 Å². The third-order valence-corrected chi connectivity index (χ3v) is 4.14. The maximum atomic E-state index is 11.8. The smallest absolute Gasteiger partial charge is 0.306 e. The molecular formula is C16H23NO2. The van der Waals surface area contributed by atoms with E-state index in [1.165, 1.54) is 0 Å². The van der Waals surface area contributed by atoms with Crippen LogP contribution >= 0.6 is 0 Å². The molecule has 1 aromatic carbocycles. The van der Waals surface area contributed by atoms with Gasteiger partial charge in [-0.25, -0.2) is 0 Å². The van der Waals surface area contributed by atoms with Gasteiger partial charge in [0.05, 0.1) is 0 Å². The summed E-state index contributed by atoms with van der Waals surface area (Å²) in [6.07, 6.45) is 2.15. The number of nitrogens with zero attached hydrogens (tertiary/aromatic N) is 1. The van der Waals surface area contributed by atoms with Crippen molar-refractivity contribution in [2.75, 3.05) is 13.6 Å². The quantitative estimate of drug-likeness (QED) is 0.783. The molecule has 1 heterocycles. The molecule has 1 aliphatic heterocycles. The fourth-order valence-electron chi connectivity index (χ4n) is 2.76. The van der Waals surface area contributed by atoms with Crippen molar-refractivity contribution in [2.24, 2.45) is 0 Å². The van der Waals surface area contributed by atoms with Gasteiger partial charge in [-0.3, -0.25) is 4.79 Å². The summed E-state index contributed by atoms with van der Waals surface area (Å²) in [5, 5.41) is 0. The lowest BCUT2D eigenvalue weighted by atomic mass is 9.81. The molecule has 0 N–H and O–H groups in total. The molecule has 3 heteroatoms. The summed E-state index contributed by atoms with van der Waals surface area (Å²) in [6.45, 7) is 4.99. The second kappa shape index (κ2) is 5.74. The van der Waals surface area contributed by atoms with Crippen molar-refractivity contribution < 1.29 is 9.53 Å². The number of hydrogen-bond donors (Lipinski definition) is 0. The van der Waals surface area contributed by atoms with E-state index < -0.39 is 5.60 Å². The molecule has 1 aliphatic rings. The second-order valence-electron chi connectivity index (χ2n) is 5.47. The Balaban J connectivity index is 2.31. The number of rotatable bonds is 3. The number of likely N-dealkylation sites (tertiary alicyclic amines) is 1. The van der Waals surface area contributed by atoms with Crippen LogP contribution in [0.4, 0.5) is 0 Å². The molecule has 1 saturated heterocycles. The lowest BCUT2D eigenvalue weighted by Crippen LogP contribution is -2.48. The van der Waals surface area contributed by atoms with E-state index in [1.54, 1.807) is 0 Å². The van der Waals surface area contributed by atoms with Crippen molar-refractivity contribution in [3.05, 3.63) is 35.9 Å². The summed E-state index contributed by atoms with van der Waals surface area (Å²) >= 11 is 0. The van der Waals surface area contributed by atoms with Crippen molar-refractivity contribution in [1.82, 2.24) is 4.90 Å². The first kappa shape index (κ1) is 14.1. The number of piperidine rings is 1. The van der Waals surface area contributed by atoms with E-state index in [0.29, 0.717) is 12.5 Å². The van der Waals surface area contributed by atoms with Crippen LogP contribution in [0.25, 0.3) is 0 Å². The minimum Gasteiger partial charge on any atom is -0.454 e. The standard InChI is InChI=1S/C16H23NO2/c1-4-15(18)19-16(14-8-6-5-7-9-14)10-11-17(3)13(2)12-16/h5-9,13H,4,10-12H2,1-3H3/t13?,16-/m0/s1. The van der Waals surface area contributed by atoms with E-state index in [-0.39, 0.29) is 5.97 Å². The molecule has 19 heavy (non-hydrogen) atoms. The van der Waals surface area contributed by atoms with E-state index in [1.807, 2.05) is 25.1 Å². The maximum Gasteiger partial charge on any atom is 0.306 e. The van der Waals surface area contributed by atoms with Crippen molar-refractivity contribution in [3.63, 3.8) is 0 Å². The highest BCUT2D eigenvalue weighted by atomic mass is 16.6. The van der Waals surface area contributed by atoms with Crippen LogP contribution in [0.1, 0.15) is 38.7 Å².